The third-order valence-corrected chi connectivity index (χ3v) is 5.88. The van der Waals surface area contributed by atoms with Gasteiger partial charge in [0.15, 0.2) is 5.76 Å². The monoisotopic (exact) mass is 448 g/mol. The molecule has 1 amide bonds. The van der Waals surface area contributed by atoms with Crippen molar-refractivity contribution in [3.8, 4) is 5.75 Å². The maximum atomic E-state index is 13.3. The van der Waals surface area contributed by atoms with Crippen LogP contribution in [0.1, 0.15) is 29.4 Å². The summed E-state index contributed by atoms with van der Waals surface area (Å²) in [4.78, 5) is 34.4. The molecule has 3 heterocycles. The van der Waals surface area contributed by atoms with Crippen molar-refractivity contribution in [2.75, 3.05) is 34.3 Å². The van der Waals surface area contributed by atoms with Crippen LogP contribution in [-0.2, 0) is 9.59 Å². The minimum atomic E-state index is -0.726. The standard InChI is InChI=1S/C25H28N4O4/c1-16-21(28-13-6-5-11-19(28)26-16)23(30)20-22(17-9-7-10-18(15-17)33-4)29(25(32)24(20)31)14-8-12-27(2)3/h5-7,9-11,13,15,22,30H,8,12,14H2,1-4H3/t22-/m0/s1. The Morgan fingerprint density at radius 1 is 1.18 bits per heavy atom. The Balaban J connectivity index is 1.89. The number of rotatable bonds is 7. The van der Waals surface area contributed by atoms with Gasteiger partial charge in [0, 0.05) is 12.7 Å². The molecule has 0 spiro atoms. The van der Waals surface area contributed by atoms with Gasteiger partial charge in [-0.1, -0.05) is 18.2 Å². The van der Waals surface area contributed by atoms with Crippen molar-refractivity contribution >= 4 is 23.1 Å². The molecule has 2 aromatic heterocycles. The van der Waals surface area contributed by atoms with Crippen LogP contribution >= 0.6 is 0 Å². The molecule has 1 atom stereocenters. The van der Waals surface area contributed by atoms with Crippen LogP contribution in [-0.4, -0.2) is 70.3 Å². The number of nitrogens with zero attached hydrogens (tertiary/aromatic N) is 4. The van der Waals surface area contributed by atoms with Crippen molar-refractivity contribution in [2.45, 2.75) is 19.4 Å². The fourth-order valence-corrected chi connectivity index (χ4v) is 4.35. The van der Waals surface area contributed by atoms with Gasteiger partial charge in [0.1, 0.15) is 17.1 Å². The number of imidazole rings is 1. The maximum Gasteiger partial charge on any atom is 0.295 e. The molecule has 0 aliphatic carbocycles. The van der Waals surface area contributed by atoms with Crippen LogP contribution in [0.2, 0.25) is 0 Å². The van der Waals surface area contributed by atoms with Crippen molar-refractivity contribution < 1.29 is 19.4 Å². The summed E-state index contributed by atoms with van der Waals surface area (Å²) < 4.78 is 7.10. The van der Waals surface area contributed by atoms with Gasteiger partial charge in [0.2, 0.25) is 0 Å². The predicted octanol–water partition coefficient (Wildman–Crippen LogP) is 3.02. The molecule has 4 rings (SSSR count). The maximum absolute atomic E-state index is 13.3. The van der Waals surface area contributed by atoms with E-state index in [9.17, 15) is 14.7 Å². The van der Waals surface area contributed by atoms with E-state index in [1.807, 2.05) is 49.3 Å². The van der Waals surface area contributed by atoms with E-state index in [0.29, 0.717) is 41.3 Å². The summed E-state index contributed by atoms with van der Waals surface area (Å²) in [6.07, 6.45) is 2.47. The summed E-state index contributed by atoms with van der Waals surface area (Å²) in [5.41, 5.74) is 2.39. The minimum absolute atomic E-state index is 0.0619. The summed E-state index contributed by atoms with van der Waals surface area (Å²) in [6.45, 7) is 2.92. The third kappa shape index (κ3) is 4.09. The molecule has 0 unspecified atom stereocenters. The molecular weight excluding hydrogens is 420 g/mol. The fraction of sp³-hybridized carbons (Fsp3) is 0.320. The van der Waals surface area contributed by atoms with Crippen molar-refractivity contribution in [1.82, 2.24) is 19.2 Å². The molecule has 3 aromatic rings. The van der Waals surface area contributed by atoms with E-state index in [0.717, 1.165) is 6.54 Å². The first-order valence-electron chi connectivity index (χ1n) is 10.8. The van der Waals surface area contributed by atoms with E-state index in [-0.39, 0.29) is 11.3 Å². The number of hydrogen-bond donors (Lipinski definition) is 1. The zero-order chi connectivity index (χ0) is 23.7. The molecule has 0 bridgehead atoms. The molecule has 1 aliphatic heterocycles. The van der Waals surface area contributed by atoms with E-state index in [1.54, 1.807) is 41.7 Å². The molecule has 8 heteroatoms. The van der Waals surface area contributed by atoms with Crippen molar-refractivity contribution in [2.24, 2.45) is 0 Å². The molecule has 1 aliphatic rings. The average Bonchev–Trinajstić information content (AvgIpc) is 3.26. The van der Waals surface area contributed by atoms with Crippen LogP contribution in [0.5, 0.6) is 5.75 Å². The molecule has 172 valence electrons. The summed E-state index contributed by atoms with van der Waals surface area (Å²) in [7, 11) is 5.48. The number of hydrogen-bond acceptors (Lipinski definition) is 6. The minimum Gasteiger partial charge on any atom is -0.505 e. The first-order valence-corrected chi connectivity index (χ1v) is 10.8. The number of aromatic nitrogens is 2. The van der Waals surface area contributed by atoms with Crippen molar-refractivity contribution in [1.29, 1.82) is 0 Å². The lowest BCUT2D eigenvalue weighted by molar-refractivity contribution is -0.139. The highest BCUT2D eigenvalue weighted by Gasteiger charge is 2.46. The van der Waals surface area contributed by atoms with Crippen LogP contribution < -0.4 is 4.74 Å². The average molecular weight is 449 g/mol. The number of methoxy groups -OCH3 is 1. The number of ether oxygens (including phenoxy) is 1. The van der Waals surface area contributed by atoms with Gasteiger partial charge in [-0.15, -0.1) is 0 Å². The molecule has 1 saturated heterocycles. The lowest BCUT2D eigenvalue weighted by Crippen LogP contribution is -2.32. The zero-order valence-corrected chi connectivity index (χ0v) is 19.3. The van der Waals surface area contributed by atoms with E-state index in [2.05, 4.69) is 4.98 Å². The normalized spacial score (nSPS) is 18.0. The van der Waals surface area contributed by atoms with Crippen LogP contribution in [0.25, 0.3) is 11.4 Å². The van der Waals surface area contributed by atoms with Gasteiger partial charge in [0.25, 0.3) is 11.7 Å². The van der Waals surface area contributed by atoms with E-state index in [1.165, 1.54) is 0 Å². The van der Waals surface area contributed by atoms with Crippen LogP contribution in [0.4, 0.5) is 0 Å². The molecule has 1 fully saturated rings. The highest BCUT2D eigenvalue weighted by Crippen LogP contribution is 2.40. The highest BCUT2D eigenvalue weighted by atomic mass is 16.5. The number of carbonyl (C=O) groups is 2. The first-order chi connectivity index (χ1) is 15.8. The second-order valence-corrected chi connectivity index (χ2v) is 8.40. The Bertz CT molecular complexity index is 1240. The first kappa shape index (κ1) is 22.5. The fourth-order valence-electron chi connectivity index (χ4n) is 4.35. The topological polar surface area (TPSA) is 87.4 Å². The Hall–Kier alpha value is -3.65. The Morgan fingerprint density at radius 3 is 2.70 bits per heavy atom. The SMILES string of the molecule is COc1cccc([C@H]2C(=C(O)c3c(C)nc4ccccn34)C(=O)C(=O)N2CCCN(C)C)c1. The number of pyridine rings is 1. The van der Waals surface area contributed by atoms with Crippen LogP contribution in [0.3, 0.4) is 0 Å². The molecule has 1 aromatic carbocycles. The summed E-state index contributed by atoms with van der Waals surface area (Å²) in [5.74, 6) is -0.935. The van der Waals surface area contributed by atoms with Gasteiger partial charge in [-0.05, 0) is 63.8 Å². The third-order valence-electron chi connectivity index (χ3n) is 5.88. The van der Waals surface area contributed by atoms with Gasteiger partial charge in [0.05, 0.1) is 24.4 Å². The Labute approximate surface area is 192 Å². The molecule has 0 radical (unpaired) electrons. The number of fused-ring (bicyclic) bond motifs is 1. The van der Waals surface area contributed by atoms with Gasteiger partial charge >= 0.3 is 0 Å². The predicted molar refractivity (Wildman–Crippen MR) is 125 cm³/mol. The second-order valence-electron chi connectivity index (χ2n) is 8.40. The molecule has 33 heavy (non-hydrogen) atoms. The van der Waals surface area contributed by atoms with E-state index in [4.69, 9.17) is 4.74 Å². The highest BCUT2D eigenvalue weighted by molar-refractivity contribution is 6.46. The number of benzene rings is 1. The van der Waals surface area contributed by atoms with Gasteiger partial charge in [-0.3, -0.25) is 14.0 Å². The van der Waals surface area contributed by atoms with E-state index < -0.39 is 17.7 Å². The summed E-state index contributed by atoms with van der Waals surface area (Å²) in [5, 5.41) is 11.4. The second kappa shape index (κ2) is 9.07. The molecule has 8 nitrogen and oxygen atoms in total. The largest absolute Gasteiger partial charge is 0.505 e. The number of aliphatic hydroxyl groups is 1. The molecule has 1 N–H and O–H groups in total. The van der Waals surface area contributed by atoms with Crippen molar-refractivity contribution in [3.05, 3.63) is 71.2 Å². The van der Waals surface area contributed by atoms with E-state index >= 15 is 0 Å². The summed E-state index contributed by atoms with van der Waals surface area (Å²) in [6, 6.07) is 12.0. The van der Waals surface area contributed by atoms with Gasteiger partial charge in [-0.2, -0.15) is 0 Å². The number of aryl methyl sites for hydroxylation is 1. The van der Waals surface area contributed by atoms with Crippen molar-refractivity contribution in [3.63, 3.8) is 0 Å². The lowest BCUT2D eigenvalue weighted by atomic mass is 9.96. The number of aliphatic hydroxyl groups excluding tert-OH is 1. The summed E-state index contributed by atoms with van der Waals surface area (Å²) >= 11 is 0. The quantitative estimate of drug-likeness (QED) is 0.340. The number of likely N-dealkylation sites (tertiary alicyclic amines) is 1. The number of ketones is 1. The van der Waals surface area contributed by atoms with Gasteiger partial charge in [-0.25, -0.2) is 4.98 Å². The van der Waals surface area contributed by atoms with Gasteiger partial charge < -0.3 is 19.6 Å². The van der Waals surface area contributed by atoms with Crippen LogP contribution in [0.15, 0.2) is 54.2 Å². The molecular formula is C25H28N4O4. The number of Topliss-reactive ketones (excluding diaryl/α,β-unsaturated/α-hetero) is 1. The number of amides is 1. The number of carbonyl (C=O) groups excluding carboxylic acids is 2. The van der Waals surface area contributed by atoms with Crippen LogP contribution in [0, 0.1) is 6.92 Å². The zero-order valence-electron chi connectivity index (χ0n) is 19.3. The smallest absolute Gasteiger partial charge is 0.295 e. The molecule has 0 saturated carbocycles. The Kier molecular flexibility index (Phi) is 6.20. The lowest BCUT2D eigenvalue weighted by Gasteiger charge is -2.26. The Morgan fingerprint density at radius 2 is 1.97 bits per heavy atom.